The lowest BCUT2D eigenvalue weighted by molar-refractivity contribution is -0.108. The van der Waals surface area contributed by atoms with Gasteiger partial charge in [-0.1, -0.05) is 42.5 Å². The molecule has 2 heteroatoms. The Labute approximate surface area is 103 Å². The molecule has 0 atom stereocenters. The third-order valence-electron chi connectivity index (χ3n) is 3.81. The summed E-state index contributed by atoms with van der Waals surface area (Å²) < 4.78 is 0. The van der Waals surface area contributed by atoms with E-state index in [1.165, 1.54) is 18.4 Å². The molecule has 0 spiro atoms. The van der Waals surface area contributed by atoms with Gasteiger partial charge in [0.2, 0.25) is 0 Å². The van der Waals surface area contributed by atoms with Crippen LogP contribution < -0.4 is 0 Å². The van der Waals surface area contributed by atoms with Crippen LogP contribution in [0.2, 0.25) is 0 Å². The van der Waals surface area contributed by atoms with Gasteiger partial charge in [-0.25, -0.2) is 0 Å². The molecule has 90 valence electrons. The molecule has 0 amide bonds. The van der Waals surface area contributed by atoms with Crippen LogP contribution in [-0.4, -0.2) is 35.2 Å². The number of aliphatic hydroxyl groups is 1. The third kappa shape index (κ3) is 2.43. The van der Waals surface area contributed by atoms with Gasteiger partial charge >= 0.3 is 0 Å². The Bertz CT molecular complexity index is 402. The van der Waals surface area contributed by atoms with Crippen LogP contribution in [0.4, 0.5) is 0 Å². The van der Waals surface area contributed by atoms with Crippen molar-refractivity contribution in [2.45, 2.75) is 18.4 Å². The molecule has 0 aromatic heterocycles. The topological polar surface area (TPSA) is 23.5 Å². The lowest BCUT2D eigenvalue weighted by Gasteiger charge is -2.46. The van der Waals surface area contributed by atoms with Gasteiger partial charge in [-0.15, -0.1) is 0 Å². The molecule has 1 aromatic rings. The van der Waals surface area contributed by atoms with Crippen molar-refractivity contribution in [1.29, 1.82) is 0 Å². The van der Waals surface area contributed by atoms with Crippen molar-refractivity contribution < 1.29 is 5.11 Å². The Morgan fingerprint density at radius 2 is 1.94 bits per heavy atom. The van der Waals surface area contributed by atoms with Crippen molar-refractivity contribution in [3.63, 3.8) is 0 Å². The van der Waals surface area contributed by atoms with E-state index in [1.54, 1.807) is 0 Å². The zero-order chi connectivity index (χ0) is 11.7. The van der Waals surface area contributed by atoms with Gasteiger partial charge in [-0.2, -0.15) is 0 Å². The smallest absolute Gasteiger partial charge is 0.0928 e. The minimum atomic E-state index is -0.347. The van der Waals surface area contributed by atoms with Crippen LogP contribution in [0.5, 0.6) is 0 Å². The predicted molar refractivity (Wildman–Crippen MR) is 69.6 cm³/mol. The second-order valence-corrected chi connectivity index (χ2v) is 5.36. The molecule has 1 N–H and O–H groups in total. The monoisotopic (exact) mass is 229 g/mol. The molecule has 3 rings (SSSR count). The molecule has 1 heterocycles. The van der Waals surface area contributed by atoms with Gasteiger partial charge < -0.3 is 5.11 Å². The van der Waals surface area contributed by atoms with Crippen LogP contribution in [0, 0.1) is 5.92 Å². The third-order valence-corrected chi connectivity index (χ3v) is 3.81. The molecule has 2 aliphatic rings. The predicted octanol–water partition coefficient (Wildman–Crippen LogP) is 2.16. The quantitative estimate of drug-likeness (QED) is 0.855. The van der Waals surface area contributed by atoms with E-state index >= 15 is 0 Å². The van der Waals surface area contributed by atoms with E-state index in [4.69, 9.17) is 0 Å². The Kier molecular flexibility index (Phi) is 2.77. The van der Waals surface area contributed by atoms with E-state index in [2.05, 4.69) is 41.3 Å². The fourth-order valence-corrected chi connectivity index (χ4v) is 2.64. The Balaban J connectivity index is 1.46. The summed E-state index contributed by atoms with van der Waals surface area (Å²) in [7, 11) is 0. The molecule has 1 saturated carbocycles. The first-order valence-electron chi connectivity index (χ1n) is 6.43. The molecule has 0 radical (unpaired) electrons. The Morgan fingerprint density at radius 1 is 1.24 bits per heavy atom. The Morgan fingerprint density at radius 3 is 2.59 bits per heavy atom. The van der Waals surface area contributed by atoms with Crippen LogP contribution in [0.25, 0.3) is 6.08 Å². The molecular weight excluding hydrogens is 210 g/mol. The summed E-state index contributed by atoms with van der Waals surface area (Å²) in [6.45, 7) is 2.66. The largest absolute Gasteiger partial charge is 0.387 e. The molecule has 2 nitrogen and oxygen atoms in total. The van der Waals surface area contributed by atoms with E-state index in [0.29, 0.717) is 5.92 Å². The highest BCUT2D eigenvalue weighted by Gasteiger charge is 2.51. The summed E-state index contributed by atoms with van der Waals surface area (Å²) >= 11 is 0. The van der Waals surface area contributed by atoms with Gasteiger partial charge in [0, 0.05) is 19.6 Å². The minimum absolute atomic E-state index is 0.347. The fourth-order valence-electron chi connectivity index (χ4n) is 2.64. The van der Waals surface area contributed by atoms with Crippen molar-refractivity contribution in [2.24, 2.45) is 5.92 Å². The van der Waals surface area contributed by atoms with Crippen LogP contribution in [0.15, 0.2) is 36.4 Å². The van der Waals surface area contributed by atoms with Crippen molar-refractivity contribution in [3.8, 4) is 0 Å². The van der Waals surface area contributed by atoms with Gasteiger partial charge in [-0.3, -0.25) is 4.90 Å². The molecule has 1 aromatic carbocycles. The zero-order valence-corrected chi connectivity index (χ0v) is 10.0. The molecule has 2 fully saturated rings. The zero-order valence-electron chi connectivity index (χ0n) is 10.0. The summed E-state index contributed by atoms with van der Waals surface area (Å²) in [5, 5.41) is 10.2. The molecule has 1 aliphatic carbocycles. The maximum Gasteiger partial charge on any atom is 0.0928 e. The lowest BCUT2D eigenvalue weighted by Crippen LogP contribution is -2.62. The molecule has 1 aliphatic heterocycles. The van der Waals surface area contributed by atoms with Gasteiger partial charge in [0.05, 0.1) is 5.60 Å². The number of hydrogen-bond acceptors (Lipinski definition) is 2. The van der Waals surface area contributed by atoms with Gasteiger partial charge in [0.15, 0.2) is 0 Å². The van der Waals surface area contributed by atoms with E-state index < -0.39 is 0 Å². The number of β-amino-alcohol motifs (C(OH)–C–C–N with tert-alkyl or cyclic N) is 1. The molecule has 0 bridgehead atoms. The van der Waals surface area contributed by atoms with Crippen molar-refractivity contribution in [2.75, 3.05) is 19.6 Å². The first-order chi connectivity index (χ1) is 8.26. The second kappa shape index (κ2) is 4.28. The van der Waals surface area contributed by atoms with Crippen molar-refractivity contribution >= 4 is 6.08 Å². The van der Waals surface area contributed by atoms with Crippen molar-refractivity contribution in [1.82, 2.24) is 4.90 Å². The molecule has 17 heavy (non-hydrogen) atoms. The highest BCUT2D eigenvalue weighted by molar-refractivity contribution is 5.48. The molecular formula is C15H19NO. The number of nitrogens with zero attached hydrogens (tertiary/aromatic N) is 1. The highest BCUT2D eigenvalue weighted by Crippen LogP contribution is 2.44. The Hall–Kier alpha value is -1.12. The molecule has 0 unspecified atom stereocenters. The van der Waals surface area contributed by atoms with Gasteiger partial charge in [0.1, 0.15) is 0 Å². The van der Waals surface area contributed by atoms with Gasteiger partial charge in [-0.05, 0) is 24.3 Å². The van der Waals surface area contributed by atoms with E-state index in [-0.39, 0.29) is 5.60 Å². The number of benzene rings is 1. The van der Waals surface area contributed by atoms with E-state index in [9.17, 15) is 5.11 Å². The standard InChI is InChI=1S/C15H19NO/c17-15(14-8-9-14)11-16(12-15)10-4-7-13-5-2-1-3-6-13/h1-7,14,17H,8-12H2. The van der Waals surface area contributed by atoms with Crippen LogP contribution in [0.3, 0.4) is 0 Å². The summed E-state index contributed by atoms with van der Waals surface area (Å²) in [5.41, 5.74) is 0.895. The molecule has 1 saturated heterocycles. The fraction of sp³-hybridized carbons (Fsp3) is 0.467. The van der Waals surface area contributed by atoms with Crippen LogP contribution >= 0.6 is 0 Å². The number of hydrogen-bond donors (Lipinski definition) is 1. The maximum absolute atomic E-state index is 10.2. The summed E-state index contributed by atoms with van der Waals surface area (Å²) in [6.07, 6.45) is 6.78. The lowest BCUT2D eigenvalue weighted by atomic mass is 9.89. The van der Waals surface area contributed by atoms with Crippen LogP contribution in [-0.2, 0) is 0 Å². The van der Waals surface area contributed by atoms with Crippen molar-refractivity contribution in [3.05, 3.63) is 42.0 Å². The summed E-state index contributed by atoms with van der Waals surface area (Å²) in [4.78, 5) is 2.30. The number of rotatable bonds is 4. The van der Waals surface area contributed by atoms with Crippen LogP contribution in [0.1, 0.15) is 18.4 Å². The summed E-state index contributed by atoms with van der Waals surface area (Å²) in [6, 6.07) is 10.3. The summed E-state index contributed by atoms with van der Waals surface area (Å²) in [5.74, 6) is 0.594. The average Bonchev–Trinajstić information content (AvgIpc) is 3.12. The SMILES string of the molecule is OC1(C2CC2)CN(CC=Cc2ccccc2)C1. The first kappa shape index (κ1) is 11.0. The normalized spacial score (nSPS) is 23.8. The average molecular weight is 229 g/mol. The van der Waals surface area contributed by atoms with E-state index in [1.807, 2.05) is 6.07 Å². The maximum atomic E-state index is 10.2. The van der Waals surface area contributed by atoms with E-state index in [0.717, 1.165) is 19.6 Å². The second-order valence-electron chi connectivity index (χ2n) is 5.36. The minimum Gasteiger partial charge on any atom is -0.387 e. The van der Waals surface area contributed by atoms with Gasteiger partial charge in [0.25, 0.3) is 0 Å². The first-order valence-corrected chi connectivity index (χ1v) is 6.43. The number of likely N-dealkylation sites (tertiary alicyclic amines) is 1. The highest BCUT2D eigenvalue weighted by atomic mass is 16.3.